The summed E-state index contributed by atoms with van der Waals surface area (Å²) in [5, 5.41) is 2.20. The Bertz CT molecular complexity index is 249. The molecule has 1 rings (SSSR count). The van der Waals surface area contributed by atoms with Gasteiger partial charge in [-0.15, -0.1) is 0 Å². The van der Waals surface area contributed by atoms with Gasteiger partial charge in [0.05, 0.1) is 12.6 Å². The van der Waals surface area contributed by atoms with E-state index in [1.807, 2.05) is 0 Å². The Balaban J connectivity index is 2.37. The third-order valence-electron chi connectivity index (χ3n) is 1.78. The lowest BCUT2D eigenvalue weighted by Crippen LogP contribution is -2.36. The number of ether oxygens (including phenoxy) is 1. The van der Waals surface area contributed by atoms with E-state index in [0.717, 1.165) is 0 Å². The Morgan fingerprint density at radius 1 is 1.64 bits per heavy atom. The van der Waals surface area contributed by atoms with Crippen LogP contribution < -0.4 is 5.32 Å². The van der Waals surface area contributed by atoms with Crippen molar-refractivity contribution in [2.45, 2.75) is 25.1 Å². The molecule has 1 N–H and O–H groups in total. The molecule has 1 aliphatic rings. The first-order valence-corrected chi connectivity index (χ1v) is 4.06. The highest BCUT2D eigenvalue weighted by Crippen LogP contribution is 2.20. The van der Waals surface area contributed by atoms with Crippen molar-refractivity contribution < 1.29 is 22.7 Å². The SMILES string of the molecule is C=C1OCC[C@@H]1NC(=O)CC(F)(F)F. The number of nitrogens with one attached hydrogen (secondary N) is 1. The maximum Gasteiger partial charge on any atom is 0.397 e. The average molecular weight is 209 g/mol. The molecule has 1 fully saturated rings. The van der Waals surface area contributed by atoms with Crippen molar-refractivity contribution in [3.05, 3.63) is 12.3 Å². The van der Waals surface area contributed by atoms with E-state index in [1.165, 1.54) is 0 Å². The fourth-order valence-electron chi connectivity index (χ4n) is 1.15. The predicted molar refractivity (Wildman–Crippen MR) is 42.3 cm³/mol. The second kappa shape index (κ2) is 3.89. The second-order valence-electron chi connectivity index (χ2n) is 3.02. The van der Waals surface area contributed by atoms with Crippen LogP contribution in [0.2, 0.25) is 0 Å². The largest absolute Gasteiger partial charge is 0.496 e. The van der Waals surface area contributed by atoms with E-state index in [0.29, 0.717) is 18.8 Å². The molecule has 80 valence electrons. The Labute approximate surface area is 78.9 Å². The lowest BCUT2D eigenvalue weighted by molar-refractivity contribution is -0.154. The highest BCUT2D eigenvalue weighted by atomic mass is 19.4. The third-order valence-corrected chi connectivity index (χ3v) is 1.78. The van der Waals surface area contributed by atoms with Crippen LogP contribution in [-0.2, 0) is 9.53 Å². The summed E-state index contributed by atoms with van der Waals surface area (Å²) in [6.07, 6.45) is -5.45. The van der Waals surface area contributed by atoms with Crippen LogP contribution in [-0.4, -0.2) is 24.7 Å². The quantitative estimate of drug-likeness (QED) is 0.745. The maximum absolute atomic E-state index is 11.8. The van der Waals surface area contributed by atoms with Gasteiger partial charge in [0.2, 0.25) is 5.91 Å². The average Bonchev–Trinajstić information content (AvgIpc) is 2.32. The van der Waals surface area contributed by atoms with Gasteiger partial charge in [-0.1, -0.05) is 6.58 Å². The maximum atomic E-state index is 11.8. The number of amides is 1. The highest BCUT2D eigenvalue weighted by molar-refractivity contribution is 5.77. The van der Waals surface area contributed by atoms with Crippen molar-refractivity contribution in [3.63, 3.8) is 0 Å². The molecule has 3 nitrogen and oxygen atoms in total. The van der Waals surface area contributed by atoms with Crippen LogP contribution in [0.3, 0.4) is 0 Å². The summed E-state index contributed by atoms with van der Waals surface area (Å²) in [6, 6.07) is -0.482. The van der Waals surface area contributed by atoms with Crippen LogP contribution in [0.15, 0.2) is 12.3 Å². The van der Waals surface area contributed by atoms with E-state index in [4.69, 9.17) is 4.74 Å². The number of hydrogen-bond acceptors (Lipinski definition) is 2. The van der Waals surface area contributed by atoms with Gasteiger partial charge in [-0.3, -0.25) is 4.79 Å². The lowest BCUT2D eigenvalue weighted by atomic mass is 10.2. The lowest BCUT2D eigenvalue weighted by Gasteiger charge is -2.12. The molecule has 1 heterocycles. The molecular weight excluding hydrogens is 199 g/mol. The molecule has 0 radical (unpaired) electrons. The molecule has 1 saturated heterocycles. The minimum absolute atomic E-state index is 0.320. The number of rotatable bonds is 2. The number of carbonyl (C=O) groups excluding carboxylic acids is 1. The van der Waals surface area contributed by atoms with Crippen molar-refractivity contribution in [2.75, 3.05) is 6.61 Å². The van der Waals surface area contributed by atoms with E-state index < -0.39 is 24.5 Å². The summed E-state index contributed by atoms with van der Waals surface area (Å²) in [4.78, 5) is 10.8. The molecule has 14 heavy (non-hydrogen) atoms. The molecule has 0 aromatic heterocycles. The zero-order valence-corrected chi connectivity index (χ0v) is 7.36. The van der Waals surface area contributed by atoms with Crippen molar-refractivity contribution in [3.8, 4) is 0 Å². The molecule has 1 amide bonds. The van der Waals surface area contributed by atoms with Crippen LogP contribution in [0.5, 0.6) is 0 Å². The van der Waals surface area contributed by atoms with Crippen LogP contribution in [0.25, 0.3) is 0 Å². The number of carbonyl (C=O) groups is 1. The molecule has 0 unspecified atom stereocenters. The van der Waals surface area contributed by atoms with Gasteiger partial charge in [-0.05, 0) is 0 Å². The predicted octanol–water partition coefficient (Wildman–Crippen LogP) is 1.36. The third kappa shape index (κ3) is 3.27. The van der Waals surface area contributed by atoms with Gasteiger partial charge < -0.3 is 10.1 Å². The molecule has 6 heteroatoms. The Morgan fingerprint density at radius 3 is 2.71 bits per heavy atom. The van der Waals surface area contributed by atoms with Crippen LogP contribution in [0, 0.1) is 0 Å². The minimum Gasteiger partial charge on any atom is -0.496 e. The number of alkyl halides is 3. The summed E-state index contributed by atoms with van der Waals surface area (Å²) in [7, 11) is 0. The summed E-state index contributed by atoms with van der Waals surface area (Å²) >= 11 is 0. The van der Waals surface area contributed by atoms with E-state index in [-0.39, 0.29) is 0 Å². The van der Waals surface area contributed by atoms with Crippen molar-refractivity contribution in [1.29, 1.82) is 0 Å². The van der Waals surface area contributed by atoms with Gasteiger partial charge in [0.1, 0.15) is 12.2 Å². The first-order chi connectivity index (χ1) is 6.38. The monoisotopic (exact) mass is 209 g/mol. The van der Waals surface area contributed by atoms with Gasteiger partial charge in [-0.2, -0.15) is 13.2 Å². The minimum atomic E-state index is -4.47. The summed E-state index contributed by atoms with van der Waals surface area (Å²) < 4.78 is 40.2. The van der Waals surface area contributed by atoms with Crippen LogP contribution in [0.4, 0.5) is 13.2 Å². The fourth-order valence-corrected chi connectivity index (χ4v) is 1.15. The van der Waals surface area contributed by atoms with Crippen molar-refractivity contribution in [1.82, 2.24) is 5.32 Å². The van der Waals surface area contributed by atoms with Crippen molar-refractivity contribution >= 4 is 5.91 Å². The fraction of sp³-hybridized carbons (Fsp3) is 0.625. The molecule has 1 atom stereocenters. The zero-order valence-electron chi connectivity index (χ0n) is 7.36. The van der Waals surface area contributed by atoms with Crippen LogP contribution >= 0.6 is 0 Å². The molecular formula is C8H10F3NO2. The molecule has 0 aromatic carbocycles. The first-order valence-electron chi connectivity index (χ1n) is 4.06. The Kier molecular flexibility index (Phi) is 3.03. The summed E-state index contributed by atoms with van der Waals surface area (Å²) in [5.74, 6) is -0.727. The molecule has 0 spiro atoms. The smallest absolute Gasteiger partial charge is 0.397 e. The molecule has 0 saturated carbocycles. The van der Waals surface area contributed by atoms with Gasteiger partial charge in [0.25, 0.3) is 0 Å². The van der Waals surface area contributed by atoms with Crippen molar-refractivity contribution in [2.24, 2.45) is 0 Å². The molecule has 0 bridgehead atoms. The van der Waals surface area contributed by atoms with Gasteiger partial charge in [0, 0.05) is 6.42 Å². The number of halogens is 3. The van der Waals surface area contributed by atoms with Gasteiger partial charge >= 0.3 is 6.18 Å². The molecule has 1 aliphatic heterocycles. The van der Waals surface area contributed by atoms with Gasteiger partial charge in [0.15, 0.2) is 0 Å². The Hall–Kier alpha value is -1.20. The van der Waals surface area contributed by atoms with Gasteiger partial charge in [-0.25, -0.2) is 0 Å². The summed E-state index contributed by atoms with van der Waals surface area (Å²) in [6.45, 7) is 3.85. The molecule has 0 aliphatic carbocycles. The summed E-state index contributed by atoms with van der Waals surface area (Å²) in [5.41, 5.74) is 0. The van der Waals surface area contributed by atoms with E-state index in [1.54, 1.807) is 0 Å². The second-order valence-corrected chi connectivity index (χ2v) is 3.02. The topological polar surface area (TPSA) is 38.3 Å². The zero-order chi connectivity index (χ0) is 10.8. The number of hydrogen-bond donors (Lipinski definition) is 1. The van der Waals surface area contributed by atoms with E-state index in [2.05, 4.69) is 11.9 Å². The standard InChI is InChI=1S/C8H10F3NO2/c1-5-6(2-3-14-5)12-7(13)4-8(9,10)11/h6H,1-4H2,(H,12,13)/t6-/m0/s1. The van der Waals surface area contributed by atoms with E-state index in [9.17, 15) is 18.0 Å². The first kappa shape index (κ1) is 10.9. The highest BCUT2D eigenvalue weighted by Gasteiger charge is 2.33. The molecule has 0 aromatic rings. The van der Waals surface area contributed by atoms with Crippen LogP contribution in [0.1, 0.15) is 12.8 Å². The normalized spacial score (nSPS) is 21.9. The van der Waals surface area contributed by atoms with E-state index >= 15 is 0 Å². The Morgan fingerprint density at radius 2 is 2.29 bits per heavy atom.